The van der Waals surface area contributed by atoms with E-state index in [1.54, 1.807) is 11.3 Å². The third-order valence-electron chi connectivity index (χ3n) is 5.86. The van der Waals surface area contributed by atoms with E-state index >= 15 is 0 Å². The second-order valence-corrected chi connectivity index (χ2v) is 9.66. The number of β-amino-alcohol motifs (C(OH)–C–C–N with tert-alkyl or cyclic N) is 1. The van der Waals surface area contributed by atoms with Crippen LogP contribution in [0.3, 0.4) is 0 Å². The lowest BCUT2D eigenvalue weighted by atomic mass is 9.99. The Labute approximate surface area is 192 Å². The Bertz CT molecular complexity index is 957. The molecule has 1 aliphatic rings. The summed E-state index contributed by atoms with van der Waals surface area (Å²) in [4.78, 5) is 32.6. The number of amides is 2. The van der Waals surface area contributed by atoms with E-state index in [9.17, 15) is 19.1 Å². The number of likely N-dealkylation sites (N-methyl/N-ethyl adjacent to an activating group) is 1. The van der Waals surface area contributed by atoms with Gasteiger partial charge in [-0.15, -0.1) is 11.3 Å². The molecule has 3 unspecified atom stereocenters. The first kappa shape index (κ1) is 24.3. The molecule has 0 bridgehead atoms. The highest BCUT2D eigenvalue weighted by atomic mass is 32.1. The van der Waals surface area contributed by atoms with Crippen LogP contribution in [0.5, 0.6) is 0 Å². The van der Waals surface area contributed by atoms with E-state index in [2.05, 4.69) is 15.6 Å². The Morgan fingerprint density at radius 1 is 1.31 bits per heavy atom. The fraction of sp³-hybridized carbons (Fsp3) is 0.522. The molecule has 1 aromatic heterocycles. The smallest absolute Gasteiger partial charge is 0.243 e. The van der Waals surface area contributed by atoms with Crippen LogP contribution in [0.2, 0.25) is 0 Å². The molecule has 3 rings (SSSR count). The number of carbonyl (C=O) groups excluding carboxylic acids is 2. The van der Waals surface area contributed by atoms with Crippen molar-refractivity contribution >= 4 is 23.2 Å². The highest BCUT2D eigenvalue weighted by molar-refractivity contribution is 7.13. The van der Waals surface area contributed by atoms with Gasteiger partial charge in [-0.2, -0.15) is 0 Å². The van der Waals surface area contributed by atoms with Gasteiger partial charge < -0.3 is 20.6 Å². The highest BCUT2D eigenvalue weighted by Crippen LogP contribution is 2.29. The average molecular weight is 463 g/mol. The summed E-state index contributed by atoms with van der Waals surface area (Å²) in [5, 5.41) is 15.8. The Hall–Kier alpha value is -2.36. The maximum atomic E-state index is 14.5. The summed E-state index contributed by atoms with van der Waals surface area (Å²) in [7, 11) is 1.50. The van der Waals surface area contributed by atoms with Crippen molar-refractivity contribution in [1.82, 2.24) is 20.5 Å². The van der Waals surface area contributed by atoms with Crippen molar-refractivity contribution < 1.29 is 19.1 Å². The van der Waals surface area contributed by atoms with Crippen molar-refractivity contribution in [3.05, 3.63) is 41.0 Å². The molecule has 32 heavy (non-hydrogen) atoms. The van der Waals surface area contributed by atoms with Gasteiger partial charge in [0, 0.05) is 13.0 Å². The van der Waals surface area contributed by atoms with Crippen LogP contribution in [-0.2, 0) is 9.59 Å². The number of benzene rings is 1. The van der Waals surface area contributed by atoms with Crippen molar-refractivity contribution in [3.8, 4) is 10.4 Å². The maximum Gasteiger partial charge on any atom is 0.243 e. The van der Waals surface area contributed by atoms with Crippen molar-refractivity contribution in [2.75, 3.05) is 13.6 Å². The minimum atomic E-state index is -1.81. The zero-order valence-corrected chi connectivity index (χ0v) is 19.9. The van der Waals surface area contributed by atoms with Gasteiger partial charge in [-0.25, -0.2) is 9.37 Å². The molecule has 0 aliphatic carbocycles. The molecular weight excluding hydrogens is 431 g/mol. The second kappa shape index (κ2) is 9.64. The standard InChI is InChI=1S/C23H31FN4O3S/c1-13(15-6-8-16(9-7-15)19-14(2)26-12-32-19)27-21(30)18-10-17(29)11-28(18)22(31)20(25-5)23(3,4)24/h6-9,12-13,17-18,20,25,29H,10-11H2,1-5H3,(H,27,30)/t13?,17-,18?,20?/m1/s1. The molecule has 3 N–H and O–H groups in total. The topological polar surface area (TPSA) is 94.6 Å². The Kier molecular flexibility index (Phi) is 7.32. The van der Waals surface area contributed by atoms with E-state index in [-0.39, 0.29) is 24.9 Å². The molecule has 174 valence electrons. The molecule has 0 saturated carbocycles. The number of hydrogen-bond acceptors (Lipinski definition) is 6. The molecule has 2 aromatic rings. The lowest BCUT2D eigenvalue weighted by Crippen LogP contribution is -2.57. The minimum Gasteiger partial charge on any atom is -0.391 e. The summed E-state index contributed by atoms with van der Waals surface area (Å²) in [6.45, 7) is 6.46. The number of thiazole rings is 1. The predicted molar refractivity (Wildman–Crippen MR) is 123 cm³/mol. The number of nitrogens with one attached hydrogen (secondary N) is 2. The molecule has 4 atom stereocenters. The first-order chi connectivity index (χ1) is 15.0. The molecule has 1 aliphatic heterocycles. The van der Waals surface area contributed by atoms with Crippen molar-refractivity contribution in [1.29, 1.82) is 0 Å². The van der Waals surface area contributed by atoms with Crippen LogP contribution < -0.4 is 10.6 Å². The molecule has 0 spiro atoms. The van der Waals surface area contributed by atoms with Gasteiger partial charge in [0.2, 0.25) is 11.8 Å². The van der Waals surface area contributed by atoms with Crippen molar-refractivity contribution in [2.24, 2.45) is 0 Å². The third kappa shape index (κ3) is 5.16. The number of aromatic nitrogens is 1. The fourth-order valence-corrected chi connectivity index (χ4v) is 4.94. The molecular formula is C23H31FN4O3S. The normalized spacial score (nSPS) is 20.8. The molecule has 7 nitrogen and oxygen atoms in total. The number of carbonyl (C=O) groups is 2. The van der Waals surface area contributed by atoms with Gasteiger partial charge >= 0.3 is 0 Å². The van der Waals surface area contributed by atoms with Crippen LogP contribution in [-0.4, -0.2) is 64.3 Å². The van der Waals surface area contributed by atoms with Gasteiger partial charge in [-0.05, 0) is 45.9 Å². The third-order valence-corrected chi connectivity index (χ3v) is 6.84. The van der Waals surface area contributed by atoms with Gasteiger partial charge in [0.15, 0.2) is 0 Å². The zero-order valence-electron chi connectivity index (χ0n) is 19.1. The van der Waals surface area contributed by atoms with E-state index in [0.29, 0.717) is 0 Å². The molecule has 9 heteroatoms. The number of aliphatic hydroxyl groups excluding tert-OH is 1. The Morgan fingerprint density at radius 3 is 2.50 bits per heavy atom. The predicted octanol–water partition coefficient (Wildman–Crippen LogP) is 2.59. The highest BCUT2D eigenvalue weighted by Gasteiger charge is 2.45. The van der Waals surface area contributed by atoms with Crippen LogP contribution in [0.1, 0.15) is 44.5 Å². The first-order valence-electron chi connectivity index (χ1n) is 10.7. The lowest BCUT2D eigenvalue weighted by molar-refractivity contribution is -0.142. The largest absolute Gasteiger partial charge is 0.391 e. The number of alkyl halides is 1. The Morgan fingerprint density at radius 2 is 1.97 bits per heavy atom. The molecule has 2 heterocycles. The fourth-order valence-electron chi connectivity index (χ4n) is 4.13. The van der Waals surface area contributed by atoms with Crippen molar-refractivity contribution in [3.63, 3.8) is 0 Å². The van der Waals surface area contributed by atoms with Crippen LogP contribution in [0, 0.1) is 6.92 Å². The summed E-state index contributed by atoms with van der Waals surface area (Å²) in [5.41, 5.74) is 2.96. The summed E-state index contributed by atoms with van der Waals surface area (Å²) in [6.07, 6.45) is -0.705. The van der Waals surface area contributed by atoms with Crippen LogP contribution in [0.15, 0.2) is 29.8 Å². The zero-order chi connectivity index (χ0) is 23.6. The number of aliphatic hydroxyl groups is 1. The SMILES string of the molecule is CNC(C(=O)N1C[C@H](O)CC1C(=O)NC(C)c1ccc(-c2scnc2C)cc1)C(C)(C)F. The maximum absolute atomic E-state index is 14.5. The number of halogens is 1. The monoisotopic (exact) mass is 462 g/mol. The number of rotatable bonds is 7. The number of likely N-dealkylation sites (tertiary alicyclic amines) is 1. The molecule has 1 saturated heterocycles. The summed E-state index contributed by atoms with van der Waals surface area (Å²) >= 11 is 1.58. The second-order valence-electron chi connectivity index (χ2n) is 8.80. The van der Waals surface area contributed by atoms with Gasteiger partial charge in [-0.3, -0.25) is 9.59 Å². The van der Waals surface area contributed by atoms with Gasteiger partial charge in [-0.1, -0.05) is 24.3 Å². The van der Waals surface area contributed by atoms with E-state index in [0.717, 1.165) is 21.7 Å². The number of hydrogen-bond donors (Lipinski definition) is 3. The molecule has 2 amide bonds. The summed E-state index contributed by atoms with van der Waals surface area (Å²) < 4.78 is 14.5. The van der Waals surface area contributed by atoms with Gasteiger partial charge in [0.1, 0.15) is 17.8 Å². The van der Waals surface area contributed by atoms with Crippen LogP contribution >= 0.6 is 11.3 Å². The van der Waals surface area contributed by atoms with Crippen LogP contribution in [0.4, 0.5) is 4.39 Å². The minimum absolute atomic E-state index is 0.00244. The van der Waals surface area contributed by atoms with E-state index in [1.807, 2.05) is 43.6 Å². The van der Waals surface area contributed by atoms with Gasteiger partial charge in [0.05, 0.1) is 28.2 Å². The van der Waals surface area contributed by atoms with E-state index in [1.165, 1.54) is 25.8 Å². The summed E-state index contributed by atoms with van der Waals surface area (Å²) in [5.74, 6) is -0.898. The lowest BCUT2D eigenvalue weighted by Gasteiger charge is -2.32. The molecule has 1 aromatic carbocycles. The first-order valence-corrected chi connectivity index (χ1v) is 11.6. The number of aryl methyl sites for hydroxylation is 1. The molecule has 0 radical (unpaired) electrons. The van der Waals surface area contributed by atoms with E-state index < -0.39 is 29.8 Å². The van der Waals surface area contributed by atoms with E-state index in [4.69, 9.17) is 0 Å². The van der Waals surface area contributed by atoms with Crippen molar-refractivity contribution in [2.45, 2.75) is 64.0 Å². The van der Waals surface area contributed by atoms with Gasteiger partial charge in [0.25, 0.3) is 0 Å². The Balaban J connectivity index is 1.70. The van der Waals surface area contributed by atoms with Crippen LogP contribution in [0.25, 0.3) is 10.4 Å². The molecule has 1 fully saturated rings. The number of nitrogens with zero attached hydrogens (tertiary/aromatic N) is 2. The average Bonchev–Trinajstić information content (AvgIpc) is 3.33. The quantitative estimate of drug-likeness (QED) is 0.588. The summed E-state index contributed by atoms with van der Waals surface area (Å²) in [6, 6.07) is 5.64.